The molecule has 0 saturated carbocycles. The number of aliphatic hydroxyl groups is 2. The second kappa shape index (κ2) is 6.02. The fraction of sp³-hybridized carbons (Fsp3) is 0.400. The Kier molecular flexibility index (Phi) is 4.98. The van der Waals surface area contributed by atoms with Crippen LogP contribution in [0.5, 0.6) is 0 Å². The Labute approximate surface area is 92.5 Å². The standard InChI is InChI=1S/C10H13ClFNO2/c11-8-2-1-7(5-9(8)12)10(15)6-13-3-4-14/h1-2,5,10,13-15H,3-4,6H2/t10-/m0/s1. The van der Waals surface area contributed by atoms with Crippen molar-refractivity contribution < 1.29 is 14.6 Å². The minimum Gasteiger partial charge on any atom is -0.395 e. The maximum atomic E-state index is 13.0. The third-order valence-electron chi connectivity index (χ3n) is 1.95. The number of hydrogen-bond acceptors (Lipinski definition) is 3. The van der Waals surface area contributed by atoms with Crippen LogP contribution in [0.15, 0.2) is 18.2 Å². The number of rotatable bonds is 5. The van der Waals surface area contributed by atoms with Gasteiger partial charge in [-0.3, -0.25) is 0 Å². The van der Waals surface area contributed by atoms with E-state index in [1.807, 2.05) is 0 Å². The third kappa shape index (κ3) is 3.76. The van der Waals surface area contributed by atoms with Crippen molar-refractivity contribution in [2.24, 2.45) is 0 Å². The number of benzene rings is 1. The first-order valence-electron chi connectivity index (χ1n) is 4.59. The van der Waals surface area contributed by atoms with Gasteiger partial charge in [-0.05, 0) is 17.7 Å². The highest BCUT2D eigenvalue weighted by Gasteiger charge is 2.09. The first-order valence-corrected chi connectivity index (χ1v) is 4.97. The van der Waals surface area contributed by atoms with Crippen LogP contribution in [-0.2, 0) is 0 Å². The van der Waals surface area contributed by atoms with Crippen molar-refractivity contribution in [1.82, 2.24) is 5.32 Å². The number of nitrogens with one attached hydrogen (secondary N) is 1. The first-order chi connectivity index (χ1) is 7.15. The Balaban J connectivity index is 2.57. The average Bonchev–Trinajstić information content (AvgIpc) is 2.22. The molecule has 0 aliphatic heterocycles. The second-order valence-electron chi connectivity index (χ2n) is 3.12. The van der Waals surface area contributed by atoms with E-state index in [1.54, 1.807) is 6.07 Å². The molecule has 1 atom stereocenters. The fourth-order valence-electron chi connectivity index (χ4n) is 1.16. The minimum atomic E-state index is -0.802. The number of hydrogen-bond donors (Lipinski definition) is 3. The smallest absolute Gasteiger partial charge is 0.142 e. The zero-order valence-corrected chi connectivity index (χ0v) is 8.84. The van der Waals surface area contributed by atoms with Crippen LogP contribution in [0.1, 0.15) is 11.7 Å². The van der Waals surface area contributed by atoms with Gasteiger partial charge in [-0.1, -0.05) is 17.7 Å². The predicted molar refractivity (Wildman–Crippen MR) is 56.3 cm³/mol. The van der Waals surface area contributed by atoms with Crippen LogP contribution in [-0.4, -0.2) is 29.9 Å². The monoisotopic (exact) mass is 233 g/mol. The van der Waals surface area contributed by atoms with E-state index in [9.17, 15) is 9.50 Å². The van der Waals surface area contributed by atoms with Crippen molar-refractivity contribution in [1.29, 1.82) is 0 Å². The SMILES string of the molecule is OCCNC[C@H](O)c1ccc(Cl)c(F)c1. The van der Waals surface area contributed by atoms with E-state index in [1.165, 1.54) is 12.1 Å². The molecule has 3 nitrogen and oxygen atoms in total. The van der Waals surface area contributed by atoms with E-state index in [-0.39, 0.29) is 18.2 Å². The molecule has 3 N–H and O–H groups in total. The van der Waals surface area contributed by atoms with E-state index in [0.29, 0.717) is 12.1 Å². The average molecular weight is 234 g/mol. The molecule has 0 unspecified atom stereocenters. The van der Waals surface area contributed by atoms with Crippen molar-refractivity contribution in [3.63, 3.8) is 0 Å². The molecule has 15 heavy (non-hydrogen) atoms. The zero-order valence-electron chi connectivity index (χ0n) is 8.08. The molecule has 0 amide bonds. The molecule has 0 heterocycles. The number of aliphatic hydroxyl groups excluding tert-OH is 2. The van der Waals surface area contributed by atoms with Crippen molar-refractivity contribution in [3.05, 3.63) is 34.6 Å². The molecule has 0 saturated heterocycles. The lowest BCUT2D eigenvalue weighted by Gasteiger charge is -2.11. The quantitative estimate of drug-likeness (QED) is 0.668. The van der Waals surface area contributed by atoms with Crippen molar-refractivity contribution in [3.8, 4) is 0 Å². The molecule has 5 heteroatoms. The second-order valence-corrected chi connectivity index (χ2v) is 3.52. The van der Waals surface area contributed by atoms with Crippen LogP contribution in [0.3, 0.4) is 0 Å². The lowest BCUT2D eigenvalue weighted by molar-refractivity contribution is 0.170. The molecule has 0 radical (unpaired) electrons. The van der Waals surface area contributed by atoms with Crippen molar-refractivity contribution >= 4 is 11.6 Å². The molecule has 0 fully saturated rings. The van der Waals surface area contributed by atoms with E-state index >= 15 is 0 Å². The Morgan fingerprint density at radius 3 is 2.80 bits per heavy atom. The van der Waals surface area contributed by atoms with Crippen molar-refractivity contribution in [2.45, 2.75) is 6.10 Å². The normalized spacial score (nSPS) is 12.8. The maximum absolute atomic E-state index is 13.0. The molecule has 1 rings (SSSR count). The summed E-state index contributed by atoms with van der Waals surface area (Å²) in [5.74, 6) is -0.546. The van der Waals surface area contributed by atoms with E-state index in [4.69, 9.17) is 16.7 Å². The van der Waals surface area contributed by atoms with Gasteiger partial charge in [0.05, 0.1) is 17.7 Å². The summed E-state index contributed by atoms with van der Waals surface area (Å²) in [7, 11) is 0. The highest BCUT2D eigenvalue weighted by atomic mass is 35.5. The van der Waals surface area contributed by atoms with Gasteiger partial charge in [-0.2, -0.15) is 0 Å². The largest absolute Gasteiger partial charge is 0.395 e. The maximum Gasteiger partial charge on any atom is 0.142 e. The van der Waals surface area contributed by atoms with Gasteiger partial charge in [0, 0.05) is 13.1 Å². The van der Waals surface area contributed by atoms with Gasteiger partial charge in [0.1, 0.15) is 5.82 Å². The highest BCUT2D eigenvalue weighted by molar-refractivity contribution is 6.30. The predicted octanol–water partition coefficient (Wildman–Crippen LogP) is 1.09. The summed E-state index contributed by atoms with van der Waals surface area (Å²) >= 11 is 5.51. The fourth-order valence-corrected chi connectivity index (χ4v) is 1.27. The van der Waals surface area contributed by atoms with Crippen LogP contribution in [0.25, 0.3) is 0 Å². The van der Waals surface area contributed by atoms with Gasteiger partial charge in [0.25, 0.3) is 0 Å². The summed E-state index contributed by atoms with van der Waals surface area (Å²) in [6.45, 7) is 0.663. The molecule has 0 aliphatic rings. The van der Waals surface area contributed by atoms with Crippen LogP contribution >= 0.6 is 11.6 Å². The molecule has 1 aromatic rings. The lowest BCUT2D eigenvalue weighted by Crippen LogP contribution is -2.24. The molecule has 1 aromatic carbocycles. The van der Waals surface area contributed by atoms with Gasteiger partial charge in [0.2, 0.25) is 0 Å². The molecule has 0 spiro atoms. The van der Waals surface area contributed by atoms with E-state index in [0.717, 1.165) is 0 Å². The summed E-state index contributed by atoms with van der Waals surface area (Å²) in [6.07, 6.45) is -0.802. The molecule has 0 aliphatic carbocycles. The van der Waals surface area contributed by atoms with Crippen LogP contribution in [0, 0.1) is 5.82 Å². The topological polar surface area (TPSA) is 52.5 Å². The molecular formula is C10H13ClFNO2. The Morgan fingerprint density at radius 1 is 1.47 bits per heavy atom. The van der Waals surface area contributed by atoms with Crippen LogP contribution in [0.2, 0.25) is 5.02 Å². The van der Waals surface area contributed by atoms with Crippen LogP contribution < -0.4 is 5.32 Å². The summed E-state index contributed by atoms with van der Waals surface area (Å²) < 4.78 is 13.0. The van der Waals surface area contributed by atoms with E-state index < -0.39 is 11.9 Å². The van der Waals surface area contributed by atoms with Crippen LogP contribution in [0.4, 0.5) is 4.39 Å². The Hall–Kier alpha value is -0.680. The van der Waals surface area contributed by atoms with Gasteiger partial charge < -0.3 is 15.5 Å². The molecule has 0 bridgehead atoms. The Bertz CT molecular complexity index is 322. The van der Waals surface area contributed by atoms with Gasteiger partial charge >= 0.3 is 0 Å². The lowest BCUT2D eigenvalue weighted by atomic mass is 10.1. The highest BCUT2D eigenvalue weighted by Crippen LogP contribution is 2.19. The summed E-state index contributed by atoms with van der Waals surface area (Å²) in [5, 5.41) is 21.0. The summed E-state index contributed by atoms with van der Waals surface area (Å²) in [6, 6.07) is 4.17. The van der Waals surface area contributed by atoms with Crippen molar-refractivity contribution in [2.75, 3.05) is 19.7 Å². The van der Waals surface area contributed by atoms with Gasteiger partial charge in [-0.15, -0.1) is 0 Å². The zero-order chi connectivity index (χ0) is 11.3. The first kappa shape index (κ1) is 12.4. The Morgan fingerprint density at radius 2 is 2.20 bits per heavy atom. The van der Waals surface area contributed by atoms with Gasteiger partial charge in [0.15, 0.2) is 0 Å². The summed E-state index contributed by atoms with van der Waals surface area (Å²) in [4.78, 5) is 0. The van der Waals surface area contributed by atoms with E-state index in [2.05, 4.69) is 5.32 Å². The number of halogens is 2. The molecular weight excluding hydrogens is 221 g/mol. The minimum absolute atomic E-state index is 0.00169. The molecule has 0 aromatic heterocycles. The van der Waals surface area contributed by atoms with Gasteiger partial charge in [-0.25, -0.2) is 4.39 Å². The molecule has 84 valence electrons. The third-order valence-corrected chi connectivity index (χ3v) is 2.26. The summed E-state index contributed by atoms with van der Waals surface area (Å²) in [5.41, 5.74) is 0.460.